The maximum absolute atomic E-state index is 13.0. The highest BCUT2D eigenvalue weighted by Crippen LogP contribution is 2.28. The van der Waals surface area contributed by atoms with E-state index in [-0.39, 0.29) is 5.82 Å². The Kier molecular flexibility index (Phi) is 4.33. The zero-order valence-corrected chi connectivity index (χ0v) is 10.8. The van der Waals surface area contributed by atoms with Gasteiger partial charge in [-0.15, -0.1) is 0 Å². The summed E-state index contributed by atoms with van der Waals surface area (Å²) < 4.78 is 13.0. The maximum atomic E-state index is 13.0. The van der Waals surface area contributed by atoms with Gasteiger partial charge in [-0.3, -0.25) is 4.98 Å². The molecule has 94 valence electrons. The molecule has 0 unspecified atom stereocenters. The van der Waals surface area contributed by atoms with Crippen molar-refractivity contribution in [3.05, 3.63) is 54.1 Å². The number of nitrogens with zero attached hydrogens (tertiary/aromatic N) is 1. The van der Waals surface area contributed by atoms with Crippen molar-refractivity contribution in [1.82, 2.24) is 4.98 Å². The highest BCUT2D eigenvalue weighted by molar-refractivity contribution is 7.99. The molecule has 1 heterocycles. The summed E-state index contributed by atoms with van der Waals surface area (Å²) >= 11 is 1.45. The molecule has 1 atom stereocenters. The normalized spacial score (nSPS) is 12.4. The second kappa shape index (κ2) is 5.98. The predicted molar refractivity (Wildman–Crippen MR) is 70.0 cm³/mol. The molecule has 0 aliphatic rings. The van der Waals surface area contributed by atoms with E-state index in [2.05, 4.69) is 4.98 Å². The van der Waals surface area contributed by atoms with E-state index in [1.807, 2.05) is 19.1 Å². The van der Waals surface area contributed by atoms with Crippen LogP contribution in [0.25, 0.3) is 0 Å². The Labute approximate surface area is 110 Å². The van der Waals surface area contributed by atoms with Gasteiger partial charge in [0.1, 0.15) is 5.82 Å². The number of aliphatic hydroxyl groups excluding tert-OH is 1. The zero-order chi connectivity index (χ0) is 13.0. The second-order valence-electron chi connectivity index (χ2n) is 3.90. The van der Waals surface area contributed by atoms with E-state index in [1.165, 1.54) is 23.9 Å². The molecule has 0 amide bonds. The fourth-order valence-corrected chi connectivity index (χ4v) is 2.36. The highest BCUT2D eigenvalue weighted by Gasteiger charge is 2.06. The molecule has 1 aromatic heterocycles. The van der Waals surface area contributed by atoms with Crippen LogP contribution in [0.4, 0.5) is 4.39 Å². The summed E-state index contributed by atoms with van der Waals surface area (Å²) in [5.74, 6) is -0.244. The third kappa shape index (κ3) is 3.31. The Morgan fingerprint density at radius 1 is 1.28 bits per heavy atom. The van der Waals surface area contributed by atoms with Gasteiger partial charge in [0.05, 0.1) is 11.8 Å². The van der Waals surface area contributed by atoms with E-state index in [0.29, 0.717) is 12.1 Å². The number of halogens is 1. The molecule has 4 heteroatoms. The number of hydrogen-bond acceptors (Lipinski definition) is 3. The van der Waals surface area contributed by atoms with Crippen molar-refractivity contribution in [2.45, 2.75) is 29.2 Å². The van der Waals surface area contributed by atoms with Crippen LogP contribution in [0.2, 0.25) is 0 Å². The topological polar surface area (TPSA) is 33.1 Å². The lowest BCUT2D eigenvalue weighted by Gasteiger charge is -2.07. The minimum atomic E-state index is -0.516. The maximum Gasteiger partial charge on any atom is 0.124 e. The minimum Gasteiger partial charge on any atom is -0.387 e. The van der Waals surface area contributed by atoms with Crippen LogP contribution in [-0.4, -0.2) is 10.1 Å². The third-order valence-corrected chi connectivity index (χ3v) is 3.49. The lowest BCUT2D eigenvalue weighted by molar-refractivity contribution is 0.169. The fraction of sp³-hybridized carbons (Fsp3) is 0.214. The van der Waals surface area contributed by atoms with Crippen LogP contribution < -0.4 is 0 Å². The monoisotopic (exact) mass is 263 g/mol. The number of rotatable bonds is 4. The highest BCUT2D eigenvalue weighted by atomic mass is 32.2. The molecule has 0 aliphatic carbocycles. The molecule has 0 radical (unpaired) electrons. The number of aliphatic hydroxyl groups is 1. The van der Waals surface area contributed by atoms with Gasteiger partial charge in [0.2, 0.25) is 0 Å². The lowest BCUT2D eigenvalue weighted by Crippen LogP contribution is -1.97. The average Bonchev–Trinajstić information content (AvgIpc) is 2.39. The van der Waals surface area contributed by atoms with Crippen molar-refractivity contribution >= 4 is 11.8 Å². The van der Waals surface area contributed by atoms with Gasteiger partial charge in [0.15, 0.2) is 0 Å². The smallest absolute Gasteiger partial charge is 0.124 e. The molecule has 18 heavy (non-hydrogen) atoms. The van der Waals surface area contributed by atoms with Crippen LogP contribution in [0.1, 0.15) is 25.1 Å². The minimum absolute atomic E-state index is 0.244. The Morgan fingerprint density at radius 2 is 2.11 bits per heavy atom. The van der Waals surface area contributed by atoms with Gasteiger partial charge in [0, 0.05) is 16.0 Å². The molecule has 0 bridgehead atoms. The van der Waals surface area contributed by atoms with Crippen molar-refractivity contribution in [3.63, 3.8) is 0 Å². The molecular formula is C14H14FNOS. The van der Waals surface area contributed by atoms with E-state index < -0.39 is 6.10 Å². The van der Waals surface area contributed by atoms with Gasteiger partial charge < -0.3 is 5.11 Å². The van der Waals surface area contributed by atoms with E-state index in [9.17, 15) is 9.50 Å². The standard InChI is InChI=1S/C14H14FNOS/c1-2-14(17)13-7-6-12(9-16-13)18-11-5-3-4-10(15)8-11/h3-9,14,17H,2H2,1H3/t14-/m1/s1. The predicted octanol–water partition coefficient (Wildman–Crippen LogP) is 3.82. The van der Waals surface area contributed by atoms with Gasteiger partial charge in [-0.2, -0.15) is 0 Å². The molecule has 0 aliphatic heterocycles. The SMILES string of the molecule is CC[C@@H](O)c1ccc(Sc2cccc(F)c2)cn1. The number of hydrogen-bond donors (Lipinski definition) is 1. The largest absolute Gasteiger partial charge is 0.387 e. The van der Waals surface area contributed by atoms with Crippen molar-refractivity contribution in [2.24, 2.45) is 0 Å². The first kappa shape index (κ1) is 13.1. The zero-order valence-electron chi connectivity index (χ0n) is 10.0. The number of pyridine rings is 1. The first-order chi connectivity index (χ1) is 8.69. The number of aromatic nitrogens is 1. The van der Waals surface area contributed by atoms with Gasteiger partial charge in [-0.05, 0) is 36.8 Å². The fourth-order valence-electron chi connectivity index (χ4n) is 1.52. The van der Waals surface area contributed by atoms with Crippen molar-refractivity contribution < 1.29 is 9.50 Å². The summed E-state index contributed by atoms with van der Waals surface area (Å²) in [5.41, 5.74) is 0.668. The molecule has 2 nitrogen and oxygen atoms in total. The average molecular weight is 263 g/mol. The van der Waals surface area contributed by atoms with E-state index >= 15 is 0 Å². The van der Waals surface area contributed by atoms with Gasteiger partial charge in [-0.25, -0.2) is 4.39 Å². The van der Waals surface area contributed by atoms with Gasteiger partial charge >= 0.3 is 0 Å². The number of benzene rings is 1. The molecule has 0 saturated carbocycles. The van der Waals surface area contributed by atoms with Crippen molar-refractivity contribution in [3.8, 4) is 0 Å². The van der Waals surface area contributed by atoms with E-state index in [4.69, 9.17) is 0 Å². The van der Waals surface area contributed by atoms with Crippen LogP contribution in [0, 0.1) is 5.82 Å². The van der Waals surface area contributed by atoms with E-state index in [1.54, 1.807) is 18.3 Å². The van der Waals surface area contributed by atoms with Crippen LogP contribution in [0.3, 0.4) is 0 Å². The summed E-state index contributed by atoms with van der Waals surface area (Å²) in [4.78, 5) is 5.96. The van der Waals surface area contributed by atoms with Crippen molar-refractivity contribution in [2.75, 3.05) is 0 Å². The first-order valence-electron chi connectivity index (χ1n) is 5.76. The molecule has 1 aromatic carbocycles. The van der Waals surface area contributed by atoms with Crippen LogP contribution in [0.15, 0.2) is 52.4 Å². The van der Waals surface area contributed by atoms with Crippen LogP contribution >= 0.6 is 11.8 Å². The molecule has 0 spiro atoms. The Balaban J connectivity index is 2.11. The van der Waals surface area contributed by atoms with Gasteiger partial charge in [-0.1, -0.05) is 24.8 Å². The molecular weight excluding hydrogens is 249 g/mol. The van der Waals surface area contributed by atoms with Crippen LogP contribution in [-0.2, 0) is 0 Å². The van der Waals surface area contributed by atoms with Crippen molar-refractivity contribution in [1.29, 1.82) is 0 Å². The van der Waals surface area contributed by atoms with E-state index in [0.717, 1.165) is 9.79 Å². The third-order valence-electron chi connectivity index (χ3n) is 2.52. The Hall–Kier alpha value is -1.39. The molecule has 1 N–H and O–H groups in total. The Morgan fingerprint density at radius 3 is 2.72 bits per heavy atom. The Bertz CT molecular complexity index is 515. The summed E-state index contributed by atoms with van der Waals surface area (Å²) in [6.45, 7) is 1.90. The summed E-state index contributed by atoms with van der Waals surface area (Å²) in [5, 5.41) is 9.63. The molecule has 0 fully saturated rings. The molecule has 2 rings (SSSR count). The second-order valence-corrected chi connectivity index (χ2v) is 5.05. The van der Waals surface area contributed by atoms with Crippen LogP contribution in [0.5, 0.6) is 0 Å². The quantitative estimate of drug-likeness (QED) is 0.910. The lowest BCUT2D eigenvalue weighted by atomic mass is 10.2. The first-order valence-corrected chi connectivity index (χ1v) is 6.58. The summed E-state index contributed by atoms with van der Waals surface area (Å²) in [7, 11) is 0. The van der Waals surface area contributed by atoms with Gasteiger partial charge in [0.25, 0.3) is 0 Å². The summed E-state index contributed by atoms with van der Waals surface area (Å²) in [6, 6.07) is 10.1. The molecule has 0 saturated heterocycles. The summed E-state index contributed by atoms with van der Waals surface area (Å²) in [6.07, 6.45) is 1.82. The molecule has 2 aromatic rings.